The highest BCUT2D eigenvalue weighted by Gasteiger charge is 2.31. The zero-order valence-corrected chi connectivity index (χ0v) is 13.4. The van der Waals surface area contributed by atoms with Gasteiger partial charge < -0.3 is 10.1 Å². The van der Waals surface area contributed by atoms with Gasteiger partial charge in [0.05, 0.1) is 5.56 Å². The molecule has 0 bridgehead atoms. The number of piperidine rings is 1. The summed E-state index contributed by atoms with van der Waals surface area (Å²) in [5.41, 5.74) is 1.87. The Hall–Kier alpha value is -2.08. The number of alkyl halides is 3. The minimum atomic E-state index is -4.39. The van der Waals surface area contributed by atoms with Gasteiger partial charge in [0.15, 0.2) is 0 Å². The molecule has 0 spiro atoms. The van der Waals surface area contributed by atoms with Crippen LogP contribution in [0.25, 0.3) is 0 Å². The van der Waals surface area contributed by atoms with Crippen LogP contribution in [-0.4, -0.2) is 18.1 Å². The number of hydrogen-bond acceptors (Lipinski definition) is 3. The Balaban J connectivity index is 1.75. The monoisotopic (exact) mass is 336 g/mol. The molecule has 24 heavy (non-hydrogen) atoms. The van der Waals surface area contributed by atoms with E-state index in [1.807, 2.05) is 19.1 Å². The van der Waals surface area contributed by atoms with Crippen molar-refractivity contribution in [3.05, 3.63) is 59.0 Å². The highest BCUT2D eigenvalue weighted by atomic mass is 19.4. The largest absolute Gasteiger partial charge is 0.443 e. The molecule has 0 saturated carbocycles. The molecule has 1 aliphatic heterocycles. The van der Waals surface area contributed by atoms with Crippen LogP contribution in [0.1, 0.15) is 25.3 Å². The maximum absolute atomic E-state index is 12.6. The van der Waals surface area contributed by atoms with E-state index in [2.05, 4.69) is 16.4 Å². The van der Waals surface area contributed by atoms with Crippen molar-refractivity contribution in [2.24, 2.45) is 5.92 Å². The predicted molar refractivity (Wildman–Crippen MR) is 85.4 cm³/mol. The number of nitrogens with one attached hydrogen (secondary N) is 1. The van der Waals surface area contributed by atoms with Gasteiger partial charge in [-0.05, 0) is 43.6 Å². The lowest BCUT2D eigenvalue weighted by Crippen LogP contribution is -2.25. The minimum absolute atomic E-state index is 0.0622. The van der Waals surface area contributed by atoms with E-state index in [9.17, 15) is 13.2 Å². The third-order valence-electron chi connectivity index (χ3n) is 4.33. The van der Waals surface area contributed by atoms with Crippen molar-refractivity contribution in [1.29, 1.82) is 0 Å². The summed E-state index contributed by atoms with van der Waals surface area (Å²) in [5, 5.41) is 3.33. The van der Waals surface area contributed by atoms with Crippen LogP contribution in [0.4, 0.5) is 13.2 Å². The number of nitrogens with zero attached hydrogens (tertiary/aromatic N) is 1. The molecule has 1 atom stereocenters. The van der Waals surface area contributed by atoms with Crippen LogP contribution in [0.5, 0.6) is 5.88 Å². The average Bonchev–Trinajstić information content (AvgIpc) is 2.57. The molecule has 1 saturated heterocycles. The van der Waals surface area contributed by atoms with Crippen LogP contribution >= 0.6 is 0 Å². The molecular weight excluding hydrogens is 317 g/mol. The second-order valence-corrected chi connectivity index (χ2v) is 5.94. The molecule has 1 aliphatic carbocycles. The molecule has 1 aromatic rings. The molecule has 3 rings (SSSR count). The lowest BCUT2D eigenvalue weighted by molar-refractivity contribution is -0.137. The smallest absolute Gasteiger partial charge is 0.417 e. The minimum Gasteiger partial charge on any atom is -0.443 e. The van der Waals surface area contributed by atoms with Gasteiger partial charge >= 0.3 is 6.18 Å². The third kappa shape index (κ3) is 3.70. The normalized spacial score (nSPS) is 21.7. The summed E-state index contributed by atoms with van der Waals surface area (Å²) in [6, 6.07) is 2.24. The number of allylic oxidation sites excluding steroid dienone is 4. The van der Waals surface area contributed by atoms with Crippen molar-refractivity contribution < 1.29 is 17.9 Å². The second kappa shape index (κ2) is 6.81. The molecule has 1 aromatic heterocycles. The van der Waals surface area contributed by atoms with Crippen molar-refractivity contribution >= 4 is 0 Å². The first-order valence-electron chi connectivity index (χ1n) is 7.97. The summed E-state index contributed by atoms with van der Waals surface area (Å²) in [6.07, 6.45) is 4.28. The summed E-state index contributed by atoms with van der Waals surface area (Å²) in [4.78, 5) is 3.78. The number of hydrogen-bond donors (Lipinski definition) is 1. The fraction of sp³-hybridized carbons (Fsp3) is 0.389. The zero-order chi connectivity index (χ0) is 17.2. The van der Waals surface area contributed by atoms with E-state index in [-0.39, 0.29) is 11.8 Å². The molecule has 2 heterocycles. The summed E-state index contributed by atoms with van der Waals surface area (Å²) < 4.78 is 43.5. The first-order chi connectivity index (χ1) is 11.4. The van der Waals surface area contributed by atoms with E-state index in [1.165, 1.54) is 17.2 Å². The fourth-order valence-corrected chi connectivity index (χ4v) is 2.98. The average molecular weight is 336 g/mol. The van der Waals surface area contributed by atoms with Gasteiger partial charge in [0.2, 0.25) is 5.88 Å². The summed E-state index contributed by atoms with van der Waals surface area (Å²) in [7, 11) is 0. The molecule has 2 aliphatic rings. The van der Waals surface area contributed by atoms with Gasteiger partial charge in [0.25, 0.3) is 0 Å². The van der Waals surface area contributed by atoms with Gasteiger partial charge in [-0.2, -0.15) is 13.2 Å². The Kier molecular flexibility index (Phi) is 4.76. The van der Waals surface area contributed by atoms with Gasteiger partial charge in [-0.15, -0.1) is 0 Å². The van der Waals surface area contributed by atoms with Gasteiger partial charge in [0, 0.05) is 18.2 Å². The molecule has 6 heteroatoms. The van der Waals surface area contributed by atoms with E-state index in [4.69, 9.17) is 4.74 Å². The maximum atomic E-state index is 12.6. The molecule has 3 nitrogen and oxygen atoms in total. The lowest BCUT2D eigenvalue weighted by Gasteiger charge is -2.26. The zero-order valence-electron chi connectivity index (χ0n) is 13.4. The van der Waals surface area contributed by atoms with E-state index in [0.717, 1.165) is 38.2 Å². The molecule has 0 radical (unpaired) electrons. The third-order valence-corrected chi connectivity index (χ3v) is 4.33. The molecule has 0 amide bonds. The summed E-state index contributed by atoms with van der Waals surface area (Å²) >= 11 is 0. The molecular formula is C18H19F3N2O. The van der Waals surface area contributed by atoms with Crippen molar-refractivity contribution in [2.45, 2.75) is 25.9 Å². The molecule has 1 fully saturated rings. The first-order valence-corrected chi connectivity index (χ1v) is 7.97. The first kappa shape index (κ1) is 16.8. The Morgan fingerprint density at radius 1 is 1.21 bits per heavy atom. The number of rotatable bonds is 2. The summed E-state index contributed by atoms with van der Waals surface area (Å²) in [5.74, 6) is 0.934. The van der Waals surface area contributed by atoms with E-state index >= 15 is 0 Å². The fourth-order valence-electron chi connectivity index (χ4n) is 2.98. The van der Waals surface area contributed by atoms with Gasteiger partial charge in [-0.3, -0.25) is 0 Å². The Labute approximate surface area is 138 Å². The second-order valence-electron chi connectivity index (χ2n) is 5.94. The van der Waals surface area contributed by atoms with Crippen molar-refractivity contribution in [3.63, 3.8) is 0 Å². The van der Waals surface area contributed by atoms with E-state index in [0.29, 0.717) is 5.76 Å². The van der Waals surface area contributed by atoms with Gasteiger partial charge in [-0.25, -0.2) is 4.98 Å². The van der Waals surface area contributed by atoms with Gasteiger partial charge in [-0.1, -0.05) is 24.6 Å². The van der Waals surface area contributed by atoms with Crippen molar-refractivity contribution in [1.82, 2.24) is 10.3 Å². The summed E-state index contributed by atoms with van der Waals surface area (Å²) in [6.45, 7) is 3.99. The highest BCUT2D eigenvalue weighted by molar-refractivity contribution is 5.40. The van der Waals surface area contributed by atoms with Crippen molar-refractivity contribution in [3.8, 4) is 5.88 Å². The topological polar surface area (TPSA) is 34.1 Å². The van der Waals surface area contributed by atoms with Crippen LogP contribution in [0.3, 0.4) is 0 Å². The highest BCUT2D eigenvalue weighted by Crippen LogP contribution is 2.33. The quantitative estimate of drug-likeness (QED) is 0.877. The molecule has 1 unspecified atom stereocenters. The Bertz CT molecular complexity index is 679. The van der Waals surface area contributed by atoms with Gasteiger partial charge in [0.1, 0.15) is 5.76 Å². The number of pyridine rings is 1. The predicted octanol–water partition coefficient (Wildman–Crippen LogP) is 4.25. The number of halogens is 3. The SMILES string of the molecule is CC1C(Oc2ccc(C(F)(F)F)cn2)=CC=CC1=C1CCNCC1. The standard InChI is InChI=1S/C18H19F3N2O/c1-12-15(13-7-9-22-10-8-13)3-2-4-16(12)24-17-6-5-14(11-23-17)18(19,20)21/h2-6,11-12,22H,7-10H2,1H3. The maximum Gasteiger partial charge on any atom is 0.417 e. The van der Waals surface area contributed by atoms with Crippen LogP contribution < -0.4 is 10.1 Å². The Morgan fingerprint density at radius 3 is 2.58 bits per heavy atom. The molecule has 0 aromatic carbocycles. The van der Waals surface area contributed by atoms with Crippen LogP contribution in [0, 0.1) is 5.92 Å². The van der Waals surface area contributed by atoms with Crippen LogP contribution in [0.15, 0.2) is 53.5 Å². The van der Waals surface area contributed by atoms with Crippen LogP contribution in [0.2, 0.25) is 0 Å². The Morgan fingerprint density at radius 2 is 1.96 bits per heavy atom. The number of aromatic nitrogens is 1. The van der Waals surface area contributed by atoms with E-state index in [1.54, 1.807) is 0 Å². The van der Waals surface area contributed by atoms with E-state index < -0.39 is 11.7 Å². The molecule has 1 N–H and O–H groups in total. The van der Waals surface area contributed by atoms with Crippen molar-refractivity contribution in [2.75, 3.05) is 13.1 Å². The number of ether oxygens (including phenoxy) is 1. The molecule has 128 valence electrons. The lowest BCUT2D eigenvalue weighted by atomic mass is 9.87. The van der Waals surface area contributed by atoms with Crippen LogP contribution in [-0.2, 0) is 6.18 Å².